The van der Waals surface area contributed by atoms with Crippen LogP contribution in [0.15, 0.2) is 51.7 Å². The number of amides is 2. The Morgan fingerprint density at radius 3 is 2.54 bits per heavy atom. The molecule has 2 atom stereocenters. The number of nitrogens with zero attached hydrogens (tertiary/aromatic N) is 5. The van der Waals surface area contributed by atoms with Crippen LogP contribution in [0, 0.1) is 0 Å². The number of rotatable bonds is 9. The van der Waals surface area contributed by atoms with Crippen molar-refractivity contribution in [2.24, 2.45) is 5.16 Å². The molecule has 3 aromatic heterocycles. The van der Waals surface area contributed by atoms with Crippen molar-refractivity contribution in [3.05, 3.63) is 57.9 Å². The molecule has 1 saturated heterocycles. The average Bonchev–Trinajstić information content (AvgIpc) is 3.53. The summed E-state index contributed by atoms with van der Waals surface area (Å²) in [5.74, 6) is -2.14. The van der Waals surface area contributed by atoms with Crippen LogP contribution in [-0.2, 0) is 32.4 Å². The van der Waals surface area contributed by atoms with Crippen LogP contribution in [0.25, 0.3) is 0 Å². The largest absolute Gasteiger partial charge is 0.477 e. The number of β-lactam (4-membered cyclic amide) rings is 1. The second-order valence-electron chi connectivity index (χ2n) is 8.38. The quantitative estimate of drug-likeness (QED) is 0.0969. The number of carboxylic acids is 1. The molecule has 8 N–H and O–H groups in total. The first kappa shape index (κ1) is 26.4. The standard InChI is InChI=1S/C22H21N9O5S3/c23-11-1-3-30(4-2-11)5-10-7-37-19-15(18(33)31(19)16(10)20(34)35)28-17(32)14(13-9-39-22(25)27-13)29-36-6-12-8-38-21(24)26-12/h1-4,8-9,15,19,23H,5-7H2,(H6,24,25,26,27,28,32,34,35)/p+1/t15?,19-/m1/s1. The molecule has 2 amide bonds. The number of aromatic nitrogens is 3. The predicted octanol–water partition coefficient (Wildman–Crippen LogP) is -0.00660. The SMILES string of the molecule is Nc1cc[n+](CC2=C(C(=O)O)N3C(=O)C(NC(=O)C(=NOCc4csc(N)n4)c4csc(N)n4)[C@H]3SC2)cc1. The molecule has 2 aliphatic heterocycles. The minimum Gasteiger partial charge on any atom is -0.477 e. The van der Waals surface area contributed by atoms with E-state index in [0.717, 1.165) is 11.3 Å². The fourth-order valence-corrected chi connectivity index (χ4v) is 6.39. The minimum atomic E-state index is -1.22. The zero-order chi connectivity index (χ0) is 27.7. The van der Waals surface area contributed by atoms with Gasteiger partial charge in [-0.2, -0.15) is 0 Å². The van der Waals surface area contributed by atoms with Gasteiger partial charge in [0.05, 0.1) is 5.69 Å². The van der Waals surface area contributed by atoms with Crippen molar-refractivity contribution in [2.75, 3.05) is 23.0 Å². The molecule has 0 saturated carbocycles. The first-order valence-corrected chi connectivity index (χ1v) is 14.1. The predicted molar refractivity (Wildman–Crippen MR) is 145 cm³/mol. The van der Waals surface area contributed by atoms with Gasteiger partial charge in [0.25, 0.3) is 11.8 Å². The molecule has 39 heavy (non-hydrogen) atoms. The highest BCUT2D eigenvalue weighted by Crippen LogP contribution is 2.40. The number of nitrogens with two attached hydrogens (primary N) is 3. The maximum Gasteiger partial charge on any atom is 0.352 e. The molecule has 0 aromatic carbocycles. The van der Waals surface area contributed by atoms with Crippen LogP contribution in [0.3, 0.4) is 0 Å². The van der Waals surface area contributed by atoms with E-state index < -0.39 is 29.2 Å². The number of nitrogens with one attached hydrogen (secondary N) is 1. The second kappa shape index (κ2) is 10.9. The summed E-state index contributed by atoms with van der Waals surface area (Å²) >= 11 is 3.70. The maximum atomic E-state index is 13.2. The van der Waals surface area contributed by atoms with E-state index in [4.69, 9.17) is 22.0 Å². The summed E-state index contributed by atoms with van der Waals surface area (Å²) < 4.78 is 1.78. The molecule has 0 radical (unpaired) electrons. The number of aliphatic carboxylic acids is 1. The van der Waals surface area contributed by atoms with Crippen LogP contribution < -0.4 is 27.1 Å². The van der Waals surface area contributed by atoms with Crippen molar-refractivity contribution >= 4 is 73.9 Å². The molecule has 17 heteroatoms. The van der Waals surface area contributed by atoms with Gasteiger partial charge in [-0.1, -0.05) is 5.16 Å². The second-order valence-corrected chi connectivity index (χ2v) is 11.3. The Morgan fingerprint density at radius 2 is 1.90 bits per heavy atom. The Kier molecular flexibility index (Phi) is 7.36. The van der Waals surface area contributed by atoms with Gasteiger partial charge in [-0.3, -0.25) is 14.5 Å². The Balaban J connectivity index is 1.32. The lowest BCUT2D eigenvalue weighted by atomic mass is 10.0. The number of thioether (sulfide) groups is 1. The molecular weight excluding hydrogens is 567 g/mol. The number of fused-ring (bicyclic) bond motifs is 1. The lowest BCUT2D eigenvalue weighted by Crippen LogP contribution is -2.71. The first-order valence-electron chi connectivity index (χ1n) is 11.3. The van der Waals surface area contributed by atoms with Crippen molar-refractivity contribution in [1.82, 2.24) is 20.2 Å². The van der Waals surface area contributed by atoms with E-state index in [1.807, 2.05) is 0 Å². The first-order chi connectivity index (χ1) is 18.7. The van der Waals surface area contributed by atoms with E-state index in [1.165, 1.54) is 33.4 Å². The lowest BCUT2D eigenvalue weighted by molar-refractivity contribution is -0.688. The fraction of sp³-hybridized carbons (Fsp3) is 0.227. The van der Waals surface area contributed by atoms with Crippen LogP contribution in [0.2, 0.25) is 0 Å². The van der Waals surface area contributed by atoms with E-state index in [1.54, 1.807) is 34.5 Å². The zero-order valence-electron chi connectivity index (χ0n) is 20.0. The third-order valence-electron chi connectivity index (χ3n) is 5.74. The van der Waals surface area contributed by atoms with Crippen molar-refractivity contribution in [2.45, 2.75) is 24.6 Å². The van der Waals surface area contributed by atoms with Gasteiger partial charge in [0.1, 0.15) is 22.8 Å². The van der Waals surface area contributed by atoms with E-state index in [2.05, 4.69) is 20.4 Å². The van der Waals surface area contributed by atoms with E-state index >= 15 is 0 Å². The summed E-state index contributed by atoms with van der Waals surface area (Å²) in [6, 6.07) is 2.43. The van der Waals surface area contributed by atoms with Gasteiger partial charge in [0.2, 0.25) is 0 Å². The maximum absolute atomic E-state index is 13.2. The Morgan fingerprint density at radius 1 is 1.18 bits per heavy atom. The number of carbonyl (C=O) groups excluding carboxylic acids is 2. The third-order valence-corrected chi connectivity index (χ3v) is 8.48. The number of thiazole rings is 2. The monoisotopic (exact) mass is 588 g/mol. The van der Waals surface area contributed by atoms with Crippen molar-refractivity contribution in [3.8, 4) is 0 Å². The van der Waals surface area contributed by atoms with Crippen molar-refractivity contribution in [3.63, 3.8) is 0 Å². The molecule has 202 valence electrons. The van der Waals surface area contributed by atoms with E-state index in [-0.39, 0.29) is 35.4 Å². The lowest BCUT2D eigenvalue weighted by Gasteiger charge is -2.49. The normalized spacial score (nSPS) is 18.9. The average molecular weight is 589 g/mol. The summed E-state index contributed by atoms with van der Waals surface area (Å²) in [7, 11) is 0. The van der Waals surface area contributed by atoms with Gasteiger partial charge in [-0.05, 0) is 0 Å². The highest BCUT2D eigenvalue weighted by atomic mass is 32.2. The highest BCUT2D eigenvalue weighted by molar-refractivity contribution is 8.00. The molecular formula is C22H22N9O5S3+. The molecule has 14 nitrogen and oxygen atoms in total. The number of hydrogen-bond donors (Lipinski definition) is 5. The molecule has 1 unspecified atom stereocenters. The third kappa shape index (κ3) is 5.50. The molecule has 2 aliphatic rings. The molecule has 5 heterocycles. The fourth-order valence-electron chi connectivity index (χ4n) is 3.96. The number of carboxylic acid groups (broad SMARTS) is 1. The van der Waals surface area contributed by atoms with Crippen LogP contribution in [0.5, 0.6) is 0 Å². The van der Waals surface area contributed by atoms with Gasteiger partial charge in [0.15, 0.2) is 41.5 Å². The molecule has 3 aromatic rings. The van der Waals surface area contributed by atoms with Gasteiger partial charge in [-0.25, -0.2) is 19.3 Å². The number of hydrogen-bond acceptors (Lipinski definition) is 13. The summed E-state index contributed by atoms with van der Waals surface area (Å²) in [5.41, 5.74) is 18.6. The summed E-state index contributed by atoms with van der Waals surface area (Å²) in [6.45, 7) is 0.229. The zero-order valence-corrected chi connectivity index (χ0v) is 22.5. The van der Waals surface area contributed by atoms with Gasteiger partial charge < -0.3 is 32.5 Å². The Hall–Kier alpha value is -4.22. The van der Waals surface area contributed by atoms with Gasteiger partial charge in [0, 0.05) is 39.9 Å². The van der Waals surface area contributed by atoms with Gasteiger partial charge in [-0.15, -0.1) is 34.4 Å². The number of nitrogen functional groups attached to an aromatic ring is 3. The highest BCUT2D eigenvalue weighted by Gasteiger charge is 2.54. The smallest absolute Gasteiger partial charge is 0.352 e. The molecule has 5 rings (SSSR count). The van der Waals surface area contributed by atoms with Gasteiger partial charge >= 0.3 is 5.97 Å². The minimum absolute atomic E-state index is 0.0414. The van der Waals surface area contributed by atoms with Crippen molar-refractivity contribution < 1.29 is 28.9 Å². The van der Waals surface area contributed by atoms with E-state index in [0.29, 0.717) is 27.8 Å². The summed E-state index contributed by atoms with van der Waals surface area (Å²) in [5, 5.41) is 19.7. The van der Waals surface area contributed by atoms with Crippen LogP contribution in [-0.4, -0.2) is 60.6 Å². The van der Waals surface area contributed by atoms with Crippen LogP contribution in [0.1, 0.15) is 11.4 Å². The van der Waals surface area contributed by atoms with Crippen molar-refractivity contribution in [1.29, 1.82) is 0 Å². The van der Waals surface area contributed by atoms with E-state index in [9.17, 15) is 19.5 Å². The Labute approximate surface area is 233 Å². The molecule has 0 spiro atoms. The number of pyridine rings is 1. The molecule has 1 fully saturated rings. The topological polar surface area (TPSA) is 216 Å². The molecule has 0 bridgehead atoms. The summed E-state index contributed by atoms with van der Waals surface area (Å²) in [6.07, 6.45) is 3.47. The van der Waals surface area contributed by atoms with Crippen LogP contribution in [0.4, 0.5) is 16.0 Å². The number of anilines is 3. The number of oxime groups is 1. The van der Waals surface area contributed by atoms with Crippen LogP contribution >= 0.6 is 34.4 Å². The number of carbonyl (C=O) groups is 3. The summed E-state index contributed by atoms with van der Waals surface area (Å²) in [4.78, 5) is 53.2. The Bertz CT molecular complexity index is 1500. The molecule has 0 aliphatic carbocycles.